The highest BCUT2D eigenvalue weighted by atomic mass is 17.2. The minimum Gasteiger partial charge on any atom is -0.388 e. The molecule has 1 heterocycles. The highest BCUT2D eigenvalue weighted by Gasteiger charge is 2.52. The van der Waals surface area contributed by atoms with Crippen LogP contribution in [-0.4, -0.2) is 23.4 Å². The number of allylic oxidation sites excluding steroid dienone is 4. The summed E-state index contributed by atoms with van der Waals surface area (Å²) in [6, 6.07) is 0.0284. The molecule has 4 saturated carbocycles. The standard InChI is InChI=1S/C27H39NO3/c1-16-20(13-21(28)14-24(16)29)9-6-18-5-4-12-27(3)22(10-11-23(18)27)17(2)25-15-26(31-30-25)19-7-8-19/h6,9,15,17,19,21-25,29H,1,4-5,7-8,10-14,28H2,2-3H3/b18-6+,20-9-/t17?,21?,22-,23?,24+,25?,27-/m1/s1. The number of hydrogen-bond donors (Lipinski definition) is 2. The van der Waals surface area contributed by atoms with Gasteiger partial charge in [0.15, 0.2) is 0 Å². The molecule has 4 aliphatic carbocycles. The average molecular weight is 426 g/mol. The van der Waals surface area contributed by atoms with Crippen LogP contribution in [0.5, 0.6) is 0 Å². The van der Waals surface area contributed by atoms with Crippen LogP contribution in [0, 0.1) is 29.1 Å². The number of aliphatic hydroxyl groups is 1. The molecule has 3 N–H and O–H groups in total. The summed E-state index contributed by atoms with van der Waals surface area (Å²) in [6.07, 6.45) is 16.6. The van der Waals surface area contributed by atoms with E-state index in [0.717, 1.165) is 23.3 Å². The molecule has 0 aromatic carbocycles. The molecule has 31 heavy (non-hydrogen) atoms. The summed E-state index contributed by atoms with van der Waals surface area (Å²) in [5, 5.41) is 10.2. The van der Waals surface area contributed by atoms with Crippen LogP contribution < -0.4 is 5.73 Å². The van der Waals surface area contributed by atoms with Crippen molar-refractivity contribution in [2.45, 2.75) is 89.9 Å². The van der Waals surface area contributed by atoms with E-state index < -0.39 is 6.10 Å². The van der Waals surface area contributed by atoms with E-state index in [1.165, 1.54) is 44.9 Å². The lowest BCUT2D eigenvalue weighted by Gasteiger charge is -2.44. The van der Waals surface area contributed by atoms with Gasteiger partial charge in [-0.3, -0.25) is 0 Å². The Morgan fingerprint density at radius 3 is 2.84 bits per heavy atom. The number of nitrogens with two attached hydrogens (primary N) is 1. The third kappa shape index (κ3) is 3.96. The fourth-order valence-corrected chi connectivity index (χ4v) is 7.03. The molecular weight excluding hydrogens is 386 g/mol. The largest absolute Gasteiger partial charge is 0.388 e. The van der Waals surface area contributed by atoms with Crippen LogP contribution in [-0.2, 0) is 9.78 Å². The molecule has 4 heteroatoms. The molecule has 0 aromatic rings. The summed E-state index contributed by atoms with van der Waals surface area (Å²) in [4.78, 5) is 11.4. The second-order valence-corrected chi connectivity index (χ2v) is 11.1. The van der Waals surface area contributed by atoms with Crippen molar-refractivity contribution >= 4 is 0 Å². The Morgan fingerprint density at radius 2 is 2.06 bits per heavy atom. The van der Waals surface area contributed by atoms with Crippen molar-refractivity contribution in [3.63, 3.8) is 0 Å². The van der Waals surface area contributed by atoms with Crippen LogP contribution in [0.3, 0.4) is 0 Å². The van der Waals surface area contributed by atoms with Gasteiger partial charge in [-0.05, 0) is 98.2 Å². The first-order valence-electron chi connectivity index (χ1n) is 12.4. The van der Waals surface area contributed by atoms with Gasteiger partial charge in [-0.25, -0.2) is 0 Å². The van der Waals surface area contributed by atoms with Gasteiger partial charge in [0.1, 0.15) is 11.9 Å². The van der Waals surface area contributed by atoms with E-state index in [-0.39, 0.29) is 12.1 Å². The van der Waals surface area contributed by atoms with Gasteiger partial charge < -0.3 is 15.7 Å². The van der Waals surface area contributed by atoms with Crippen LogP contribution in [0.15, 0.2) is 47.3 Å². The molecule has 7 atom stereocenters. The number of rotatable bonds is 4. The SMILES string of the molecule is C=C1/C(=C\C=C2/CCC[C@@]3(C)C2CC[C@@H]3C(C)C2C=C(C3CC3)OO2)CC(N)C[C@@H]1O. The number of aliphatic hydroxyl groups excluding tert-OH is 1. The van der Waals surface area contributed by atoms with Crippen LogP contribution >= 0.6 is 0 Å². The first kappa shape index (κ1) is 21.5. The van der Waals surface area contributed by atoms with Crippen molar-refractivity contribution in [3.05, 3.63) is 47.3 Å². The molecule has 5 rings (SSSR count). The Hall–Kier alpha value is -1.36. The summed E-state index contributed by atoms with van der Waals surface area (Å²) in [5.74, 6) is 3.45. The molecule has 0 saturated heterocycles. The smallest absolute Gasteiger partial charge is 0.144 e. The zero-order valence-corrected chi connectivity index (χ0v) is 19.2. The highest BCUT2D eigenvalue weighted by molar-refractivity contribution is 5.39. The Morgan fingerprint density at radius 1 is 1.26 bits per heavy atom. The van der Waals surface area contributed by atoms with Crippen molar-refractivity contribution in [1.29, 1.82) is 0 Å². The van der Waals surface area contributed by atoms with Gasteiger partial charge >= 0.3 is 0 Å². The zero-order chi connectivity index (χ0) is 21.8. The fourth-order valence-electron chi connectivity index (χ4n) is 7.03. The third-order valence-corrected chi connectivity index (χ3v) is 9.08. The molecule has 0 bridgehead atoms. The topological polar surface area (TPSA) is 64.7 Å². The van der Waals surface area contributed by atoms with Crippen LogP contribution in [0.4, 0.5) is 0 Å². The molecule has 0 amide bonds. The van der Waals surface area contributed by atoms with E-state index >= 15 is 0 Å². The summed E-state index contributed by atoms with van der Waals surface area (Å²) in [7, 11) is 0. The fraction of sp³-hybridized carbons (Fsp3) is 0.704. The van der Waals surface area contributed by atoms with Gasteiger partial charge in [-0.15, -0.1) is 0 Å². The van der Waals surface area contributed by atoms with E-state index in [2.05, 4.69) is 38.7 Å². The first-order valence-corrected chi connectivity index (χ1v) is 12.4. The second-order valence-electron chi connectivity index (χ2n) is 11.1. The summed E-state index contributed by atoms with van der Waals surface area (Å²) in [6.45, 7) is 9.01. The summed E-state index contributed by atoms with van der Waals surface area (Å²) in [5.41, 5.74) is 10.0. The molecule has 0 spiro atoms. The average Bonchev–Trinajstić information content (AvgIpc) is 3.35. The normalized spacial score (nSPS) is 44.3. The van der Waals surface area contributed by atoms with E-state index in [1.54, 1.807) is 5.57 Å². The molecule has 4 fully saturated rings. The maximum atomic E-state index is 10.2. The lowest BCUT2D eigenvalue weighted by molar-refractivity contribution is -0.278. The zero-order valence-electron chi connectivity index (χ0n) is 19.2. The minimum atomic E-state index is -0.496. The Balaban J connectivity index is 1.33. The molecule has 0 radical (unpaired) electrons. The molecule has 4 unspecified atom stereocenters. The Kier molecular flexibility index (Phi) is 5.69. The van der Waals surface area contributed by atoms with Crippen LogP contribution in [0.2, 0.25) is 0 Å². The number of fused-ring (bicyclic) bond motifs is 1. The predicted molar refractivity (Wildman–Crippen MR) is 123 cm³/mol. The van der Waals surface area contributed by atoms with E-state index in [4.69, 9.17) is 15.5 Å². The number of hydrogen-bond acceptors (Lipinski definition) is 4. The van der Waals surface area contributed by atoms with Crippen molar-refractivity contribution in [3.8, 4) is 0 Å². The van der Waals surface area contributed by atoms with Gasteiger partial charge in [0.05, 0.1) is 6.10 Å². The highest BCUT2D eigenvalue weighted by Crippen LogP contribution is 2.60. The quantitative estimate of drug-likeness (QED) is 0.596. The second kappa shape index (κ2) is 8.20. The van der Waals surface area contributed by atoms with Crippen molar-refractivity contribution < 1.29 is 14.9 Å². The van der Waals surface area contributed by atoms with E-state index in [9.17, 15) is 5.11 Å². The molecule has 0 aromatic heterocycles. The molecule has 4 nitrogen and oxygen atoms in total. The first-order chi connectivity index (χ1) is 14.9. The lowest BCUT2D eigenvalue weighted by Crippen LogP contribution is -2.39. The third-order valence-electron chi connectivity index (χ3n) is 9.08. The molecule has 1 aliphatic heterocycles. The minimum absolute atomic E-state index is 0.0284. The monoisotopic (exact) mass is 425 g/mol. The summed E-state index contributed by atoms with van der Waals surface area (Å²) < 4.78 is 0. The maximum Gasteiger partial charge on any atom is 0.144 e. The predicted octanol–water partition coefficient (Wildman–Crippen LogP) is 5.35. The van der Waals surface area contributed by atoms with Gasteiger partial charge in [-0.2, -0.15) is 4.89 Å². The lowest BCUT2D eigenvalue weighted by atomic mass is 9.60. The van der Waals surface area contributed by atoms with Gasteiger partial charge in [0.2, 0.25) is 0 Å². The van der Waals surface area contributed by atoms with Gasteiger partial charge in [0, 0.05) is 12.0 Å². The van der Waals surface area contributed by atoms with Crippen molar-refractivity contribution in [2.24, 2.45) is 34.8 Å². The molecule has 170 valence electrons. The van der Waals surface area contributed by atoms with Crippen molar-refractivity contribution in [1.82, 2.24) is 0 Å². The summed E-state index contributed by atoms with van der Waals surface area (Å²) >= 11 is 0. The van der Waals surface area contributed by atoms with Crippen molar-refractivity contribution in [2.75, 3.05) is 0 Å². The van der Waals surface area contributed by atoms with Gasteiger partial charge in [-0.1, -0.05) is 38.2 Å². The molecular formula is C27H39NO3. The van der Waals surface area contributed by atoms with Gasteiger partial charge in [0.25, 0.3) is 0 Å². The maximum absolute atomic E-state index is 10.2. The molecule has 5 aliphatic rings. The Bertz CT molecular complexity index is 822. The van der Waals surface area contributed by atoms with Crippen LogP contribution in [0.1, 0.15) is 71.6 Å². The van der Waals surface area contributed by atoms with E-state index in [0.29, 0.717) is 35.5 Å². The van der Waals surface area contributed by atoms with Crippen LogP contribution in [0.25, 0.3) is 0 Å². The Labute approximate surface area is 187 Å². The van der Waals surface area contributed by atoms with E-state index in [1.807, 2.05) is 0 Å².